The quantitative estimate of drug-likeness (QED) is 0.162. The molecule has 1 heterocycles. The number of aromatic nitrogens is 1. The number of para-hydroxylation sites is 2. The maximum atomic E-state index is 13.7. The van der Waals surface area contributed by atoms with E-state index in [9.17, 15) is 4.79 Å². The third-order valence-corrected chi connectivity index (χ3v) is 9.15. The van der Waals surface area contributed by atoms with Crippen molar-refractivity contribution in [3.8, 4) is 10.6 Å². The fourth-order valence-corrected chi connectivity index (χ4v) is 6.35. The summed E-state index contributed by atoms with van der Waals surface area (Å²) in [5, 5.41) is 6.68. The maximum absolute atomic E-state index is 13.7. The second kappa shape index (κ2) is 11.1. The summed E-state index contributed by atoms with van der Waals surface area (Å²) < 4.78 is 2.45. The average Bonchev–Trinajstić information content (AvgIpc) is 3.29. The van der Waals surface area contributed by atoms with Crippen molar-refractivity contribution in [2.75, 3.05) is 16.2 Å². The normalized spacial score (nSPS) is 11.1. The average molecular weight is 539 g/mol. The number of thiol groups is 1. The number of amides is 1. The molecule has 34 heavy (non-hydrogen) atoms. The number of unbranched alkanes of at least 4 members (excludes halogenated alkanes) is 1. The Hall–Kier alpha value is -1.48. The number of nitrogens with zero attached hydrogens (tertiary/aromatic N) is 2. The molecule has 0 fully saturated rings. The minimum atomic E-state index is -0.299. The van der Waals surface area contributed by atoms with E-state index in [1.807, 2.05) is 48.5 Å². The van der Waals surface area contributed by atoms with E-state index in [0.29, 0.717) is 16.7 Å². The SMILES string of the molecule is [B]c1c(P)c(NCCCC)c(P)c(P)c1C(=O)N(S)c1ccccc1-c1nc2ccccc2s1. The predicted molar refractivity (Wildman–Crippen MR) is 164 cm³/mol. The summed E-state index contributed by atoms with van der Waals surface area (Å²) in [5.41, 5.74) is 4.17. The number of carbonyl (C=O) groups excluding carboxylic acids is 1. The van der Waals surface area contributed by atoms with Crippen LogP contribution in [-0.2, 0) is 0 Å². The Labute approximate surface area is 218 Å². The minimum Gasteiger partial charge on any atom is -0.384 e. The lowest BCUT2D eigenvalue weighted by atomic mass is 9.88. The van der Waals surface area contributed by atoms with Gasteiger partial charge in [-0.3, -0.25) is 9.10 Å². The van der Waals surface area contributed by atoms with Crippen LogP contribution in [0.2, 0.25) is 0 Å². The van der Waals surface area contributed by atoms with E-state index in [4.69, 9.17) is 12.8 Å². The molecule has 0 saturated heterocycles. The molecule has 4 nitrogen and oxygen atoms in total. The first-order chi connectivity index (χ1) is 16.3. The lowest BCUT2D eigenvalue weighted by molar-refractivity contribution is 0.101. The number of hydrogen-bond acceptors (Lipinski definition) is 5. The van der Waals surface area contributed by atoms with Crippen molar-refractivity contribution in [2.24, 2.45) is 0 Å². The predicted octanol–water partition coefficient (Wildman–Crippen LogP) is 3.96. The van der Waals surface area contributed by atoms with Gasteiger partial charge in [-0.25, -0.2) is 4.98 Å². The summed E-state index contributed by atoms with van der Waals surface area (Å²) in [6.07, 6.45) is 2.14. The highest BCUT2D eigenvalue weighted by molar-refractivity contribution is 7.82. The Morgan fingerprint density at radius 3 is 2.53 bits per heavy atom. The molecule has 0 spiro atoms. The van der Waals surface area contributed by atoms with Crippen molar-refractivity contribution in [1.82, 2.24) is 4.98 Å². The molecule has 1 amide bonds. The van der Waals surface area contributed by atoms with Gasteiger partial charge in [0.2, 0.25) is 0 Å². The number of rotatable bonds is 7. The van der Waals surface area contributed by atoms with Gasteiger partial charge in [-0.05, 0) is 41.3 Å². The van der Waals surface area contributed by atoms with Crippen LogP contribution >= 0.6 is 51.9 Å². The van der Waals surface area contributed by atoms with Crippen molar-refractivity contribution in [1.29, 1.82) is 0 Å². The third-order valence-electron chi connectivity index (χ3n) is 5.55. The zero-order valence-electron chi connectivity index (χ0n) is 18.7. The van der Waals surface area contributed by atoms with Crippen molar-refractivity contribution in [2.45, 2.75) is 19.8 Å². The van der Waals surface area contributed by atoms with Gasteiger partial charge in [-0.15, -0.1) is 39.1 Å². The van der Waals surface area contributed by atoms with Crippen LogP contribution in [0.3, 0.4) is 0 Å². The van der Waals surface area contributed by atoms with Crippen molar-refractivity contribution in [3.05, 3.63) is 54.1 Å². The van der Waals surface area contributed by atoms with Crippen LogP contribution in [0.25, 0.3) is 20.8 Å². The van der Waals surface area contributed by atoms with E-state index < -0.39 is 0 Å². The highest BCUT2D eigenvalue weighted by atomic mass is 32.1. The molecule has 0 bridgehead atoms. The van der Waals surface area contributed by atoms with E-state index >= 15 is 0 Å². The smallest absolute Gasteiger partial charge is 0.268 e. The first kappa shape index (κ1) is 25.6. The number of benzene rings is 3. The summed E-state index contributed by atoms with van der Waals surface area (Å²) in [7, 11) is 14.6. The monoisotopic (exact) mass is 539 g/mol. The molecule has 172 valence electrons. The molecule has 0 aliphatic heterocycles. The van der Waals surface area contributed by atoms with Crippen LogP contribution in [0.5, 0.6) is 0 Å². The van der Waals surface area contributed by atoms with Gasteiger partial charge in [0.25, 0.3) is 5.91 Å². The number of hydrogen-bond donors (Lipinski definition) is 2. The molecule has 3 unspecified atom stereocenters. The molecule has 1 N–H and O–H groups in total. The fraction of sp³-hybridized carbons (Fsp3) is 0.167. The topological polar surface area (TPSA) is 45.2 Å². The number of nitrogens with one attached hydrogen (secondary N) is 1. The second-order valence-electron chi connectivity index (χ2n) is 7.81. The number of thiazole rings is 1. The largest absolute Gasteiger partial charge is 0.384 e. The number of fused-ring (bicyclic) bond motifs is 1. The number of carbonyl (C=O) groups is 1. The molecule has 2 radical (unpaired) electrons. The van der Waals surface area contributed by atoms with Crippen LogP contribution in [-0.4, -0.2) is 25.3 Å². The summed E-state index contributed by atoms with van der Waals surface area (Å²) in [5.74, 6) is -0.299. The molecule has 0 aliphatic rings. The summed E-state index contributed by atoms with van der Waals surface area (Å²) in [6.45, 7) is 2.99. The molecule has 4 rings (SSSR count). The summed E-state index contributed by atoms with van der Waals surface area (Å²) in [4.78, 5) is 18.5. The molecular weight excluding hydrogens is 514 g/mol. The first-order valence-corrected chi connectivity index (χ1v) is 13.8. The molecule has 1 aromatic heterocycles. The Balaban J connectivity index is 1.74. The van der Waals surface area contributed by atoms with Crippen molar-refractivity contribution >= 4 is 109 Å². The molecule has 0 saturated carbocycles. The molecule has 4 aromatic rings. The van der Waals surface area contributed by atoms with E-state index in [-0.39, 0.29) is 5.91 Å². The van der Waals surface area contributed by atoms with Crippen LogP contribution < -0.4 is 31.0 Å². The van der Waals surface area contributed by atoms with Gasteiger partial charge < -0.3 is 5.32 Å². The summed E-state index contributed by atoms with van der Waals surface area (Å²) >= 11 is 6.22. The third kappa shape index (κ3) is 4.92. The van der Waals surface area contributed by atoms with Crippen LogP contribution in [0.4, 0.5) is 11.4 Å². The first-order valence-electron chi connectivity index (χ1n) is 10.8. The summed E-state index contributed by atoms with van der Waals surface area (Å²) in [6, 6.07) is 15.6. The van der Waals surface area contributed by atoms with Gasteiger partial charge in [0, 0.05) is 28.7 Å². The highest BCUT2D eigenvalue weighted by Crippen LogP contribution is 2.37. The van der Waals surface area contributed by atoms with Crippen LogP contribution in [0.15, 0.2) is 48.5 Å². The van der Waals surface area contributed by atoms with E-state index in [2.05, 4.69) is 52.8 Å². The van der Waals surface area contributed by atoms with Crippen molar-refractivity contribution in [3.63, 3.8) is 0 Å². The molecule has 3 atom stereocenters. The molecule has 10 heteroatoms. The van der Waals surface area contributed by atoms with E-state index in [0.717, 1.165) is 61.8 Å². The fourth-order valence-electron chi connectivity index (χ4n) is 3.68. The van der Waals surface area contributed by atoms with Gasteiger partial charge in [0.05, 0.1) is 15.9 Å². The zero-order chi connectivity index (χ0) is 24.4. The second-order valence-corrected chi connectivity index (χ2v) is 11.0. The van der Waals surface area contributed by atoms with Crippen LogP contribution in [0, 0.1) is 0 Å². The van der Waals surface area contributed by atoms with E-state index in [1.54, 1.807) is 11.3 Å². The Morgan fingerprint density at radius 2 is 1.79 bits per heavy atom. The Kier molecular flexibility index (Phi) is 8.34. The van der Waals surface area contributed by atoms with Gasteiger partial charge in [0.15, 0.2) is 0 Å². The Morgan fingerprint density at radius 1 is 1.09 bits per heavy atom. The van der Waals surface area contributed by atoms with Gasteiger partial charge >= 0.3 is 0 Å². The van der Waals surface area contributed by atoms with Gasteiger partial charge in [0.1, 0.15) is 12.9 Å². The van der Waals surface area contributed by atoms with Crippen molar-refractivity contribution < 1.29 is 4.79 Å². The maximum Gasteiger partial charge on any atom is 0.268 e. The minimum absolute atomic E-state index is 0.299. The lowest BCUT2D eigenvalue weighted by Crippen LogP contribution is -2.43. The molecule has 3 aromatic carbocycles. The molecular formula is C24H25BN3OP3S2. The Bertz CT molecular complexity index is 1320. The highest BCUT2D eigenvalue weighted by Gasteiger charge is 2.25. The standard InChI is InChI=1S/C24H25BN3OP3S2/c1-2-3-12-26-19-21(31)18(25)17(20(30)22(19)32)24(29)28(33)15-10-6-4-8-13(15)23-27-14-9-5-7-11-16(14)34-23/h4-11,26,33H,2-3,12,30-32H2,1H3. The molecule has 0 aliphatic carbocycles. The lowest BCUT2D eigenvalue weighted by Gasteiger charge is -2.24. The van der Waals surface area contributed by atoms with Crippen LogP contribution in [0.1, 0.15) is 30.1 Å². The van der Waals surface area contributed by atoms with Gasteiger partial charge in [-0.2, -0.15) is 0 Å². The van der Waals surface area contributed by atoms with Gasteiger partial charge in [-0.1, -0.05) is 55.9 Å². The van der Waals surface area contributed by atoms with E-state index in [1.165, 1.54) is 4.31 Å². The zero-order valence-corrected chi connectivity index (χ0v) is 23.9. The number of anilines is 2.